The Hall–Kier alpha value is -1.62. The number of benzene rings is 1. The molecule has 0 aliphatic carbocycles. The van der Waals surface area contributed by atoms with Gasteiger partial charge >= 0.3 is 0 Å². The smallest absolute Gasteiger partial charge is 0.252 e. The highest BCUT2D eigenvalue weighted by Gasteiger charge is 2.37. The Morgan fingerprint density at radius 3 is 2.68 bits per heavy atom. The molecule has 0 radical (unpaired) electrons. The summed E-state index contributed by atoms with van der Waals surface area (Å²) in [6, 6.07) is 4.16. The minimum Gasteiger partial charge on any atom is -0.342 e. The topological polar surface area (TPSA) is 49.4 Å². The van der Waals surface area contributed by atoms with Crippen molar-refractivity contribution in [2.75, 3.05) is 11.4 Å². The van der Waals surface area contributed by atoms with Crippen molar-refractivity contribution >= 4 is 29.1 Å². The van der Waals surface area contributed by atoms with E-state index in [1.165, 1.54) is 17.0 Å². The number of halogens is 2. The van der Waals surface area contributed by atoms with Crippen molar-refractivity contribution in [1.82, 2.24) is 5.32 Å². The highest BCUT2D eigenvalue weighted by atomic mass is 35.5. The maximum Gasteiger partial charge on any atom is 0.252 e. The molecule has 0 aromatic heterocycles. The van der Waals surface area contributed by atoms with Crippen LogP contribution in [0.15, 0.2) is 18.2 Å². The molecule has 102 valence electrons. The molecule has 1 aliphatic heterocycles. The molecule has 1 aliphatic rings. The molecule has 0 spiro atoms. The maximum atomic E-state index is 13.5. The lowest BCUT2D eigenvalue weighted by atomic mass is 10.0. The normalized spacial score (nSPS) is 19.1. The van der Waals surface area contributed by atoms with Gasteiger partial charge in [-0.05, 0) is 32.0 Å². The summed E-state index contributed by atoms with van der Waals surface area (Å²) in [5.74, 6) is -1.07. The van der Waals surface area contributed by atoms with Crippen molar-refractivity contribution in [2.24, 2.45) is 0 Å². The Bertz CT molecular complexity index is 545. The van der Waals surface area contributed by atoms with Crippen LogP contribution < -0.4 is 10.2 Å². The average molecular weight is 285 g/mol. The number of carbonyl (C=O) groups excluding carboxylic acids is 2. The van der Waals surface area contributed by atoms with Gasteiger partial charge in [-0.3, -0.25) is 9.59 Å². The van der Waals surface area contributed by atoms with Gasteiger partial charge in [-0.2, -0.15) is 0 Å². The Morgan fingerprint density at radius 2 is 2.05 bits per heavy atom. The highest BCUT2D eigenvalue weighted by Crippen LogP contribution is 2.25. The lowest BCUT2D eigenvalue weighted by Gasteiger charge is -2.28. The van der Waals surface area contributed by atoms with Gasteiger partial charge in [0, 0.05) is 18.7 Å². The molecule has 19 heavy (non-hydrogen) atoms. The van der Waals surface area contributed by atoms with Gasteiger partial charge in [0.25, 0.3) is 5.91 Å². The first kappa shape index (κ1) is 13.8. The van der Waals surface area contributed by atoms with Crippen LogP contribution in [0.5, 0.6) is 0 Å². The average Bonchev–Trinajstić information content (AvgIpc) is 2.41. The lowest BCUT2D eigenvalue weighted by molar-refractivity contribution is -0.128. The summed E-state index contributed by atoms with van der Waals surface area (Å²) in [7, 11) is 0. The summed E-state index contributed by atoms with van der Waals surface area (Å²) in [6.45, 7) is 3.46. The molecule has 1 aromatic carbocycles. The van der Waals surface area contributed by atoms with Crippen LogP contribution in [0.2, 0.25) is 5.02 Å². The van der Waals surface area contributed by atoms with Crippen LogP contribution in [-0.4, -0.2) is 23.9 Å². The van der Waals surface area contributed by atoms with E-state index in [4.69, 9.17) is 11.6 Å². The van der Waals surface area contributed by atoms with Gasteiger partial charge in [-0.15, -0.1) is 0 Å². The predicted molar refractivity (Wildman–Crippen MR) is 70.6 cm³/mol. The summed E-state index contributed by atoms with van der Waals surface area (Å²) in [6.07, 6.45) is 0.180. The Balaban J connectivity index is 2.39. The molecule has 1 aromatic rings. The molecule has 1 saturated heterocycles. The number of anilines is 1. The Kier molecular flexibility index (Phi) is 3.49. The number of amides is 2. The molecule has 0 bridgehead atoms. The van der Waals surface area contributed by atoms with Crippen molar-refractivity contribution in [3.63, 3.8) is 0 Å². The van der Waals surface area contributed by atoms with Crippen molar-refractivity contribution in [1.29, 1.82) is 0 Å². The Labute approximate surface area is 115 Å². The van der Waals surface area contributed by atoms with Crippen LogP contribution in [0, 0.1) is 5.82 Å². The SMILES string of the molecule is CC1(C)NC(=O)CCN(c2ccc(Cl)c(F)c2)C1=O. The van der Waals surface area contributed by atoms with Gasteiger partial charge in [0.15, 0.2) is 0 Å². The monoisotopic (exact) mass is 284 g/mol. The largest absolute Gasteiger partial charge is 0.342 e. The molecule has 1 fully saturated rings. The number of nitrogens with one attached hydrogen (secondary N) is 1. The number of hydrogen-bond donors (Lipinski definition) is 1. The van der Waals surface area contributed by atoms with E-state index in [1.807, 2.05) is 0 Å². The lowest BCUT2D eigenvalue weighted by Crippen LogP contribution is -2.53. The number of nitrogens with zero attached hydrogens (tertiary/aromatic N) is 1. The first-order valence-electron chi connectivity index (χ1n) is 5.89. The zero-order valence-electron chi connectivity index (χ0n) is 10.7. The first-order valence-corrected chi connectivity index (χ1v) is 6.27. The third-order valence-electron chi connectivity index (χ3n) is 3.01. The van der Waals surface area contributed by atoms with Gasteiger partial charge in [-0.25, -0.2) is 4.39 Å². The van der Waals surface area contributed by atoms with Gasteiger partial charge in [0.2, 0.25) is 5.91 Å². The standard InChI is InChI=1S/C13H14ClFN2O2/c1-13(2)12(19)17(6-5-11(18)16-13)8-3-4-9(14)10(15)7-8/h3-4,7H,5-6H2,1-2H3,(H,16,18). The van der Waals surface area contributed by atoms with Crippen LogP contribution in [0.25, 0.3) is 0 Å². The fourth-order valence-electron chi connectivity index (χ4n) is 2.02. The van der Waals surface area contributed by atoms with Gasteiger partial charge in [-0.1, -0.05) is 11.6 Å². The molecule has 0 unspecified atom stereocenters. The van der Waals surface area contributed by atoms with Crippen molar-refractivity contribution < 1.29 is 14.0 Å². The van der Waals surface area contributed by atoms with E-state index in [0.29, 0.717) is 5.69 Å². The molecule has 2 amide bonds. The van der Waals surface area contributed by atoms with E-state index in [-0.39, 0.29) is 29.8 Å². The first-order chi connectivity index (χ1) is 8.81. The maximum absolute atomic E-state index is 13.5. The predicted octanol–water partition coefficient (Wildman–Crippen LogP) is 2.11. The minimum absolute atomic E-state index is 0.000479. The van der Waals surface area contributed by atoms with E-state index in [9.17, 15) is 14.0 Å². The van der Waals surface area contributed by atoms with Gasteiger partial charge < -0.3 is 10.2 Å². The fourth-order valence-corrected chi connectivity index (χ4v) is 2.13. The molecular weight excluding hydrogens is 271 g/mol. The van der Waals surface area contributed by atoms with Crippen LogP contribution in [0.4, 0.5) is 10.1 Å². The summed E-state index contributed by atoms with van der Waals surface area (Å²) in [5.41, 5.74) is -0.611. The van der Waals surface area contributed by atoms with Crippen molar-refractivity contribution in [3.8, 4) is 0 Å². The third kappa shape index (κ3) is 2.71. The summed E-state index contributed by atoms with van der Waals surface area (Å²) >= 11 is 5.62. The van der Waals surface area contributed by atoms with E-state index in [1.54, 1.807) is 19.9 Å². The molecule has 2 rings (SSSR count). The van der Waals surface area contributed by atoms with Gasteiger partial charge in [0.05, 0.1) is 5.02 Å². The molecule has 0 atom stereocenters. The fraction of sp³-hybridized carbons (Fsp3) is 0.385. The summed E-state index contributed by atoms with van der Waals surface area (Å²) in [5, 5.41) is 2.64. The van der Waals surface area contributed by atoms with E-state index in [0.717, 1.165) is 0 Å². The van der Waals surface area contributed by atoms with Crippen LogP contribution >= 0.6 is 11.6 Å². The second kappa shape index (κ2) is 4.81. The number of rotatable bonds is 1. The summed E-state index contributed by atoms with van der Waals surface area (Å²) in [4.78, 5) is 25.3. The second-order valence-electron chi connectivity index (χ2n) is 4.98. The Morgan fingerprint density at radius 1 is 1.37 bits per heavy atom. The molecular formula is C13H14ClFN2O2. The van der Waals surface area contributed by atoms with Crippen molar-refractivity contribution in [3.05, 3.63) is 29.0 Å². The summed E-state index contributed by atoms with van der Waals surface area (Å²) < 4.78 is 13.5. The van der Waals surface area contributed by atoms with Crippen LogP contribution in [0.3, 0.4) is 0 Å². The zero-order valence-corrected chi connectivity index (χ0v) is 11.4. The van der Waals surface area contributed by atoms with E-state index >= 15 is 0 Å². The molecule has 6 heteroatoms. The highest BCUT2D eigenvalue weighted by molar-refractivity contribution is 6.30. The third-order valence-corrected chi connectivity index (χ3v) is 3.32. The molecule has 1 heterocycles. The second-order valence-corrected chi connectivity index (χ2v) is 5.39. The zero-order chi connectivity index (χ0) is 14.2. The molecule has 1 N–H and O–H groups in total. The van der Waals surface area contributed by atoms with E-state index < -0.39 is 11.4 Å². The number of hydrogen-bond acceptors (Lipinski definition) is 2. The minimum atomic E-state index is -1.01. The van der Waals surface area contributed by atoms with E-state index in [2.05, 4.69) is 5.32 Å². The van der Waals surface area contributed by atoms with Gasteiger partial charge in [0.1, 0.15) is 11.4 Å². The quantitative estimate of drug-likeness (QED) is 0.859. The molecule has 4 nitrogen and oxygen atoms in total. The van der Waals surface area contributed by atoms with Crippen molar-refractivity contribution in [2.45, 2.75) is 25.8 Å². The van der Waals surface area contributed by atoms with Crippen LogP contribution in [0.1, 0.15) is 20.3 Å². The molecule has 0 saturated carbocycles. The number of carbonyl (C=O) groups is 2. The van der Waals surface area contributed by atoms with Crippen LogP contribution in [-0.2, 0) is 9.59 Å².